The highest BCUT2D eigenvalue weighted by atomic mass is 16.6. The molecule has 0 fully saturated rings. The molecule has 0 atom stereocenters. The van der Waals surface area contributed by atoms with Gasteiger partial charge in [0.15, 0.2) is 0 Å². The van der Waals surface area contributed by atoms with Gasteiger partial charge < -0.3 is 10.4 Å². The molecule has 0 aromatic heterocycles. The third-order valence-corrected chi connectivity index (χ3v) is 4.52. The molecule has 7 nitrogen and oxygen atoms in total. The van der Waals surface area contributed by atoms with Crippen LogP contribution >= 0.6 is 0 Å². The molecule has 1 aliphatic rings. The highest BCUT2D eigenvalue weighted by molar-refractivity contribution is 5.94. The van der Waals surface area contributed by atoms with E-state index in [0.29, 0.717) is 6.54 Å². The van der Waals surface area contributed by atoms with Crippen molar-refractivity contribution in [3.05, 3.63) is 69.8 Å². The largest absolute Gasteiger partial charge is 0.508 e. The van der Waals surface area contributed by atoms with E-state index in [9.17, 15) is 20.0 Å². The number of hydrogen-bond acceptors (Lipinski definition) is 5. The number of phenols is 1. The van der Waals surface area contributed by atoms with Crippen molar-refractivity contribution in [2.45, 2.75) is 13.3 Å². The molecule has 0 radical (unpaired) electrons. The Balaban J connectivity index is 1.60. The average molecular weight is 367 g/mol. The van der Waals surface area contributed by atoms with Gasteiger partial charge in [0.25, 0.3) is 5.69 Å². The van der Waals surface area contributed by atoms with Gasteiger partial charge in [-0.1, -0.05) is 24.3 Å². The highest BCUT2D eigenvalue weighted by Gasteiger charge is 2.19. The molecule has 1 aliphatic heterocycles. The second-order valence-corrected chi connectivity index (χ2v) is 6.59. The SMILES string of the molecule is Cc1ccc(NC(=O)CN2CC=C(c3ccc(O)cc3)CC2)c([N+](=O)[O-])c1. The Morgan fingerprint density at radius 2 is 2.00 bits per heavy atom. The van der Waals surface area contributed by atoms with Crippen LogP contribution in [0.5, 0.6) is 5.75 Å². The number of hydrogen-bond donors (Lipinski definition) is 2. The maximum absolute atomic E-state index is 12.3. The Kier molecular flexibility index (Phi) is 5.52. The molecule has 0 spiro atoms. The third kappa shape index (κ3) is 4.71. The van der Waals surface area contributed by atoms with Gasteiger partial charge in [0, 0.05) is 19.2 Å². The van der Waals surface area contributed by atoms with E-state index in [2.05, 4.69) is 11.4 Å². The van der Waals surface area contributed by atoms with Gasteiger partial charge in [0.1, 0.15) is 11.4 Å². The minimum atomic E-state index is -0.490. The number of aromatic hydroxyl groups is 1. The summed E-state index contributed by atoms with van der Waals surface area (Å²) in [6, 6.07) is 11.8. The quantitative estimate of drug-likeness (QED) is 0.624. The summed E-state index contributed by atoms with van der Waals surface area (Å²) in [7, 11) is 0. The summed E-state index contributed by atoms with van der Waals surface area (Å²) in [4.78, 5) is 25.0. The van der Waals surface area contributed by atoms with Crippen molar-refractivity contribution in [2.75, 3.05) is 25.0 Å². The molecule has 1 heterocycles. The van der Waals surface area contributed by atoms with E-state index in [1.807, 2.05) is 17.0 Å². The highest BCUT2D eigenvalue weighted by Crippen LogP contribution is 2.26. The minimum Gasteiger partial charge on any atom is -0.508 e. The number of nitro benzene ring substituents is 1. The molecule has 2 aromatic rings. The molecular weight excluding hydrogens is 346 g/mol. The lowest BCUT2D eigenvalue weighted by Crippen LogP contribution is -2.36. The van der Waals surface area contributed by atoms with Gasteiger partial charge in [0.2, 0.25) is 5.91 Å². The molecule has 27 heavy (non-hydrogen) atoms. The Bertz CT molecular complexity index is 891. The number of anilines is 1. The van der Waals surface area contributed by atoms with Crippen LogP contribution in [0.2, 0.25) is 0 Å². The Morgan fingerprint density at radius 1 is 1.26 bits per heavy atom. The zero-order valence-corrected chi connectivity index (χ0v) is 15.0. The zero-order valence-electron chi connectivity index (χ0n) is 15.0. The first-order valence-corrected chi connectivity index (χ1v) is 8.68. The number of aryl methyl sites for hydroxylation is 1. The standard InChI is InChI=1S/C20H21N3O4/c1-14-2-7-18(19(12-14)23(26)27)21-20(25)13-22-10-8-16(9-11-22)15-3-5-17(24)6-4-15/h2-8,12,24H,9-11,13H2,1H3,(H,21,25). The summed E-state index contributed by atoms with van der Waals surface area (Å²) >= 11 is 0. The fourth-order valence-corrected chi connectivity index (χ4v) is 3.08. The fraction of sp³-hybridized carbons (Fsp3) is 0.250. The molecule has 0 unspecified atom stereocenters. The summed E-state index contributed by atoms with van der Waals surface area (Å²) in [6.07, 6.45) is 2.86. The molecule has 7 heteroatoms. The van der Waals surface area contributed by atoms with Crippen LogP contribution in [0.25, 0.3) is 5.57 Å². The number of nitro groups is 1. The monoisotopic (exact) mass is 367 g/mol. The van der Waals surface area contributed by atoms with Crippen LogP contribution in [0.4, 0.5) is 11.4 Å². The fourth-order valence-electron chi connectivity index (χ4n) is 3.08. The lowest BCUT2D eigenvalue weighted by molar-refractivity contribution is -0.384. The Hall–Kier alpha value is -3.19. The van der Waals surface area contributed by atoms with E-state index < -0.39 is 4.92 Å². The lowest BCUT2D eigenvalue weighted by Gasteiger charge is -2.25. The van der Waals surface area contributed by atoms with Crippen LogP contribution in [0.3, 0.4) is 0 Å². The second-order valence-electron chi connectivity index (χ2n) is 6.59. The molecule has 0 bridgehead atoms. The minimum absolute atomic E-state index is 0.100. The predicted octanol–water partition coefficient (Wildman–Crippen LogP) is 3.34. The maximum atomic E-state index is 12.3. The van der Waals surface area contributed by atoms with Crippen molar-refractivity contribution < 1.29 is 14.8 Å². The summed E-state index contributed by atoms with van der Waals surface area (Å²) in [6.45, 7) is 3.28. The lowest BCUT2D eigenvalue weighted by atomic mass is 9.99. The number of amides is 1. The van der Waals surface area contributed by atoms with Gasteiger partial charge in [-0.2, -0.15) is 0 Å². The average Bonchev–Trinajstić information content (AvgIpc) is 2.64. The number of nitrogens with one attached hydrogen (secondary N) is 1. The van der Waals surface area contributed by atoms with Crippen molar-refractivity contribution >= 4 is 22.9 Å². The van der Waals surface area contributed by atoms with Gasteiger partial charge >= 0.3 is 0 Å². The van der Waals surface area contributed by atoms with E-state index in [1.54, 1.807) is 31.2 Å². The first kappa shape index (κ1) is 18.6. The first-order chi connectivity index (χ1) is 12.9. The summed E-state index contributed by atoms with van der Waals surface area (Å²) < 4.78 is 0. The normalized spacial score (nSPS) is 14.5. The van der Waals surface area contributed by atoms with Gasteiger partial charge in [-0.25, -0.2) is 0 Å². The van der Waals surface area contributed by atoms with Crippen LogP contribution in [-0.2, 0) is 4.79 Å². The van der Waals surface area contributed by atoms with Crippen molar-refractivity contribution in [3.8, 4) is 5.75 Å². The van der Waals surface area contributed by atoms with E-state index in [0.717, 1.165) is 24.1 Å². The summed E-state index contributed by atoms with van der Waals surface area (Å²) in [5.74, 6) is -0.0397. The maximum Gasteiger partial charge on any atom is 0.293 e. The van der Waals surface area contributed by atoms with Crippen LogP contribution in [0, 0.1) is 17.0 Å². The van der Waals surface area contributed by atoms with Crippen LogP contribution < -0.4 is 5.32 Å². The molecule has 2 N–H and O–H groups in total. The van der Waals surface area contributed by atoms with Crippen molar-refractivity contribution in [1.29, 1.82) is 0 Å². The van der Waals surface area contributed by atoms with Crippen LogP contribution in [-0.4, -0.2) is 40.5 Å². The van der Waals surface area contributed by atoms with Crippen molar-refractivity contribution in [3.63, 3.8) is 0 Å². The number of benzene rings is 2. The molecule has 2 aromatic carbocycles. The van der Waals surface area contributed by atoms with Gasteiger partial charge in [-0.15, -0.1) is 0 Å². The Labute approximate surface area is 157 Å². The Morgan fingerprint density at radius 3 is 2.63 bits per heavy atom. The number of rotatable bonds is 5. The molecule has 1 amide bonds. The van der Waals surface area contributed by atoms with Crippen molar-refractivity contribution in [2.24, 2.45) is 0 Å². The van der Waals surface area contributed by atoms with E-state index in [-0.39, 0.29) is 29.6 Å². The number of carbonyl (C=O) groups is 1. The zero-order chi connectivity index (χ0) is 19.4. The van der Waals surface area contributed by atoms with E-state index >= 15 is 0 Å². The van der Waals surface area contributed by atoms with Crippen molar-refractivity contribution in [1.82, 2.24) is 4.90 Å². The van der Waals surface area contributed by atoms with Gasteiger partial charge in [0.05, 0.1) is 11.5 Å². The van der Waals surface area contributed by atoms with E-state index in [1.165, 1.54) is 11.6 Å². The molecule has 0 saturated carbocycles. The summed E-state index contributed by atoms with van der Waals surface area (Å²) in [5, 5.41) is 23.2. The number of phenolic OH excluding ortho intramolecular Hbond substituents is 1. The predicted molar refractivity (Wildman–Crippen MR) is 104 cm³/mol. The smallest absolute Gasteiger partial charge is 0.293 e. The van der Waals surface area contributed by atoms with Crippen LogP contribution in [0.15, 0.2) is 48.5 Å². The second kappa shape index (κ2) is 8.01. The topological polar surface area (TPSA) is 95.7 Å². The third-order valence-electron chi connectivity index (χ3n) is 4.52. The molecule has 0 saturated heterocycles. The number of nitrogens with zero attached hydrogens (tertiary/aromatic N) is 2. The molecule has 0 aliphatic carbocycles. The van der Waals surface area contributed by atoms with E-state index in [4.69, 9.17) is 0 Å². The summed E-state index contributed by atoms with van der Waals surface area (Å²) in [5.41, 5.74) is 3.13. The molecular formula is C20H21N3O4. The van der Waals surface area contributed by atoms with Gasteiger partial charge in [-0.3, -0.25) is 19.8 Å². The molecule has 3 rings (SSSR count). The molecule has 140 valence electrons. The van der Waals surface area contributed by atoms with Crippen LogP contribution in [0.1, 0.15) is 17.5 Å². The first-order valence-electron chi connectivity index (χ1n) is 8.68. The number of carbonyl (C=O) groups excluding carboxylic acids is 1. The van der Waals surface area contributed by atoms with Gasteiger partial charge in [-0.05, 0) is 48.2 Å².